The topological polar surface area (TPSA) is 66.8 Å². The van der Waals surface area contributed by atoms with Crippen LogP contribution in [-0.2, 0) is 4.79 Å². The van der Waals surface area contributed by atoms with E-state index in [1.807, 2.05) is 36.4 Å². The molecule has 0 aliphatic rings. The Kier molecular flexibility index (Phi) is 11.2. The molecule has 4 nitrogen and oxygen atoms in total. The first-order valence-electron chi connectivity index (χ1n) is 10.5. The fourth-order valence-corrected chi connectivity index (χ4v) is 2.86. The lowest BCUT2D eigenvalue weighted by molar-refractivity contribution is -0.131. The average molecular weight is 419 g/mol. The van der Waals surface area contributed by atoms with Crippen LogP contribution in [-0.4, -0.2) is 29.4 Å². The molecule has 2 N–H and O–H groups in total. The Morgan fingerprint density at radius 3 is 1.81 bits per heavy atom. The van der Waals surface area contributed by atoms with E-state index in [1.54, 1.807) is 6.08 Å². The highest BCUT2D eigenvalue weighted by Gasteiger charge is 1.95. The molecule has 0 unspecified atom stereocenters. The third-order valence-electron chi connectivity index (χ3n) is 4.50. The number of carboxylic acid groups (broad SMARTS) is 1. The molecule has 0 saturated heterocycles. The molecule has 0 amide bonds. The van der Waals surface area contributed by atoms with Gasteiger partial charge in [0.1, 0.15) is 5.75 Å². The predicted molar refractivity (Wildman–Crippen MR) is 126 cm³/mol. The Balaban J connectivity index is 0.000000242. The normalized spacial score (nSPS) is 10.4. The molecule has 0 aliphatic heterocycles. The molecule has 3 aromatic rings. The second-order valence-corrected chi connectivity index (χ2v) is 6.96. The predicted octanol–water partition coefficient (Wildman–Crippen LogP) is 6.07. The van der Waals surface area contributed by atoms with Crippen molar-refractivity contribution in [2.45, 2.75) is 25.7 Å². The summed E-state index contributed by atoms with van der Waals surface area (Å²) in [4.78, 5) is 10.4. The summed E-state index contributed by atoms with van der Waals surface area (Å²) < 4.78 is 5.56. The maximum absolute atomic E-state index is 10.4. The molecule has 31 heavy (non-hydrogen) atoms. The summed E-state index contributed by atoms with van der Waals surface area (Å²) in [6, 6.07) is 28.1. The molecule has 0 radical (unpaired) electrons. The van der Waals surface area contributed by atoms with Gasteiger partial charge in [0.15, 0.2) is 0 Å². The van der Waals surface area contributed by atoms with Gasteiger partial charge in [-0.25, -0.2) is 4.79 Å². The maximum Gasteiger partial charge on any atom is 0.328 e. The molecule has 0 fully saturated rings. The van der Waals surface area contributed by atoms with Crippen LogP contribution in [0.1, 0.15) is 31.2 Å². The van der Waals surface area contributed by atoms with Crippen molar-refractivity contribution in [3.8, 4) is 16.9 Å². The molecular weight excluding hydrogens is 388 g/mol. The Labute approximate surface area is 184 Å². The molecule has 162 valence electrons. The fraction of sp³-hybridized carbons (Fsp3) is 0.222. The van der Waals surface area contributed by atoms with Gasteiger partial charge in [0.2, 0.25) is 0 Å². The first-order valence-corrected chi connectivity index (χ1v) is 10.5. The summed E-state index contributed by atoms with van der Waals surface area (Å²) in [6.45, 7) is 0.919. The summed E-state index contributed by atoms with van der Waals surface area (Å²) in [5, 5.41) is 17.1. The Hall–Kier alpha value is -3.37. The lowest BCUT2D eigenvalue weighted by atomic mass is 10.1. The molecule has 0 aliphatic carbocycles. The maximum atomic E-state index is 10.4. The van der Waals surface area contributed by atoms with E-state index in [1.165, 1.54) is 11.1 Å². The van der Waals surface area contributed by atoms with Crippen LogP contribution in [0.25, 0.3) is 17.2 Å². The van der Waals surface area contributed by atoms with Gasteiger partial charge in [-0.3, -0.25) is 0 Å². The summed E-state index contributed by atoms with van der Waals surface area (Å²) in [5.41, 5.74) is 3.38. The zero-order valence-electron chi connectivity index (χ0n) is 17.7. The first-order chi connectivity index (χ1) is 15.2. The highest BCUT2D eigenvalue weighted by atomic mass is 16.5. The van der Waals surface area contributed by atoms with Gasteiger partial charge in [-0.05, 0) is 54.2 Å². The van der Waals surface area contributed by atoms with Crippen LogP contribution < -0.4 is 4.74 Å². The Morgan fingerprint density at radius 2 is 1.29 bits per heavy atom. The van der Waals surface area contributed by atoms with E-state index in [9.17, 15) is 4.79 Å². The molecule has 0 aromatic heterocycles. The minimum Gasteiger partial charge on any atom is -0.494 e. The second kappa shape index (κ2) is 14.6. The number of hydrogen-bond donors (Lipinski definition) is 2. The molecule has 0 spiro atoms. The number of aliphatic carboxylic acids is 1. The smallest absolute Gasteiger partial charge is 0.328 e. The first kappa shape index (κ1) is 23.9. The zero-order valence-corrected chi connectivity index (χ0v) is 17.7. The number of benzene rings is 3. The number of unbranched alkanes of at least 4 members (excludes halogenated alkanes) is 3. The Morgan fingerprint density at radius 1 is 0.742 bits per heavy atom. The standard InChI is InChI=1S/C15H20O4.C12H10/c16-11-3-1-2-4-12-19-14-8-5-13(6-9-14)7-10-15(17)18;1-3-7-11(8-4-1)12-9-5-2-6-10-12/h5-10,16H,1-4,11-12H2,(H,17,18);1-10H/b10-7+;. The largest absolute Gasteiger partial charge is 0.494 e. The van der Waals surface area contributed by atoms with E-state index in [-0.39, 0.29) is 6.61 Å². The number of aliphatic hydroxyl groups is 1. The fourth-order valence-electron chi connectivity index (χ4n) is 2.86. The number of hydrogen-bond acceptors (Lipinski definition) is 3. The quantitative estimate of drug-likeness (QED) is 0.310. The summed E-state index contributed by atoms with van der Waals surface area (Å²) in [7, 11) is 0. The van der Waals surface area contributed by atoms with Gasteiger partial charge >= 0.3 is 5.97 Å². The van der Waals surface area contributed by atoms with Gasteiger partial charge < -0.3 is 14.9 Å². The van der Waals surface area contributed by atoms with E-state index in [2.05, 4.69) is 48.5 Å². The molecular formula is C27H30O4. The highest BCUT2D eigenvalue weighted by molar-refractivity contribution is 5.85. The van der Waals surface area contributed by atoms with E-state index < -0.39 is 5.97 Å². The lowest BCUT2D eigenvalue weighted by Crippen LogP contribution is -1.97. The van der Waals surface area contributed by atoms with Crippen molar-refractivity contribution in [1.82, 2.24) is 0 Å². The summed E-state index contributed by atoms with van der Waals surface area (Å²) in [5.74, 6) is -0.169. The van der Waals surface area contributed by atoms with E-state index in [0.29, 0.717) is 6.61 Å². The van der Waals surface area contributed by atoms with Crippen LogP contribution in [0.15, 0.2) is 91.0 Å². The van der Waals surface area contributed by atoms with Crippen LogP contribution >= 0.6 is 0 Å². The van der Waals surface area contributed by atoms with Gasteiger partial charge in [-0.1, -0.05) is 79.2 Å². The third kappa shape index (κ3) is 10.3. The monoisotopic (exact) mass is 418 g/mol. The molecule has 4 heteroatoms. The third-order valence-corrected chi connectivity index (χ3v) is 4.50. The van der Waals surface area contributed by atoms with Crippen molar-refractivity contribution in [3.63, 3.8) is 0 Å². The van der Waals surface area contributed by atoms with Crippen molar-refractivity contribution >= 4 is 12.0 Å². The minimum absolute atomic E-state index is 0.256. The second-order valence-electron chi connectivity index (χ2n) is 6.96. The molecule has 3 aromatic carbocycles. The van der Waals surface area contributed by atoms with Gasteiger partial charge in [0, 0.05) is 12.7 Å². The van der Waals surface area contributed by atoms with Crippen LogP contribution in [0.4, 0.5) is 0 Å². The number of carbonyl (C=O) groups is 1. The lowest BCUT2D eigenvalue weighted by Gasteiger charge is -2.06. The average Bonchev–Trinajstić information content (AvgIpc) is 2.82. The number of carboxylic acids is 1. The van der Waals surface area contributed by atoms with Crippen LogP contribution in [0.5, 0.6) is 5.75 Å². The van der Waals surface area contributed by atoms with Gasteiger partial charge in [0.25, 0.3) is 0 Å². The van der Waals surface area contributed by atoms with Crippen molar-refractivity contribution < 1.29 is 19.7 Å². The van der Waals surface area contributed by atoms with Crippen molar-refractivity contribution in [1.29, 1.82) is 0 Å². The Bertz CT molecular complexity index is 850. The van der Waals surface area contributed by atoms with E-state index >= 15 is 0 Å². The van der Waals surface area contributed by atoms with Gasteiger partial charge in [-0.2, -0.15) is 0 Å². The van der Waals surface area contributed by atoms with Crippen molar-refractivity contribution in [2.75, 3.05) is 13.2 Å². The molecule has 0 bridgehead atoms. The minimum atomic E-state index is -0.955. The van der Waals surface area contributed by atoms with Crippen LogP contribution in [0, 0.1) is 0 Å². The van der Waals surface area contributed by atoms with Crippen molar-refractivity contribution in [2.24, 2.45) is 0 Å². The SMILES string of the molecule is O=C(O)/C=C/c1ccc(OCCCCCCO)cc1.c1ccc(-c2ccccc2)cc1. The molecule has 0 atom stereocenters. The zero-order chi connectivity index (χ0) is 22.2. The number of aliphatic hydroxyl groups excluding tert-OH is 1. The highest BCUT2D eigenvalue weighted by Crippen LogP contribution is 2.17. The van der Waals surface area contributed by atoms with Gasteiger partial charge in [-0.15, -0.1) is 0 Å². The molecule has 0 saturated carbocycles. The summed E-state index contributed by atoms with van der Waals surface area (Å²) >= 11 is 0. The van der Waals surface area contributed by atoms with Gasteiger partial charge in [0.05, 0.1) is 6.61 Å². The van der Waals surface area contributed by atoms with Crippen LogP contribution in [0.2, 0.25) is 0 Å². The van der Waals surface area contributed by atoms with Crippen molar-refractivity contribution in [3.05, 3.63) is 96.6 Å². The molecule has 3 rings (SSSR count). The van der Waals surface area contributed by atoms with E-state index in [0.717, 1.165) is 43.1 Å². The number of ether oxygens (including phenoxy) is 1. The van der Waals surface area contributed by atoms with E-state index in [4.69, 9.17) is 14.9 Å². The molecule has 0 heterocycles. The van der Waals surface area contributed by atoms with Crippen LogP contribution in [0.3, 0.4) is 0 Å². The number of rotatable bonds is 10. The summed E-state index contributed by atoms with van der Waals surface area (Å²) in [6.07, 6.45) is 6.56.